The molecule has 0 aliphatic carbocycles. The van der Waals surface area contributed by atoms with Crippen LogP contribution in [-0.4, -0.2) is 49.5 Å². The van der Waals surface area contributed by atoms with Crippen molar-refractivity contribution >= 4 is 40.2 Å². The van der Waals surface area contributed by atoms with E-state index in [1.165, 1.54) is 11.6 Å². The summed E-state index contributed by atoms with van der Waals surface area (Å²) in [5.74, 6) is 0. The lowest BCUT2D eigenvalue weighted by Gasteiger charge is -2.32. The molecule has 1 aliphatic heterocycles. The number of rotatable bonds is 4. The third kappa shape index (κ3) is 10.7. The van der Waals surface area contributed by atoms with Crippen LogP contribution in [0.25, 0.3) is 16.6 Å². The van der Waals surface area contributed by atoms with Crippen LogP contribution in [0.15, 0.2) is 53.3 Å². The first kappa shape index (κ1) is 34.9. The van der Waals surface area contributed by atoms with Gasteiger partial charge in [0.1, 0.15) is 6.29 Å². The molecule has 0 unspecified atom stereocenters. The Kier molecular flexibility index (Phi) is 18.3. The number of halogens is 1. The number of fused-ring (bicyclic) bond motifs is 1. The van der Waals surface area contributed by atoms with Crippen LogP contribution in [0.5, 0.6) is 0 Å². The standard InChI is InChI=1S/C15H20N2O2.C10H8ClNO.3C2H6/c1-12-3-4-14(16-2)13(11-12)15(5-8-18)17-6-9-19-10-7-17;1-6-2-3-9-7(4-6)8(11)5-10(13)12-9;3*1-2/h3-5,8,11,16H,6-7,9-10H2,1-2H3;2-5H,1H3,(H,12,13);3*1-2H3/b15-5+;;;;. The summed E-state index contributed by atoms with van der Waals surface area (Å²) in [4.78, 5) is 26.9. The monoisotopic (exact) mass is 543 g/mol. The number of carbonyl (C=O) groups is 1. The van der Waals surface area contributed by atoms with Crippen molar-refractivity contribution in [2.45, 2.75) is 55.4 Å². The van der Waals surface area contributed by atoms with Crippen molar-refractivity contribution in [3.63, 3.8) is 0 Å². The van der Waals surface area contributed by atoms with Gasteiger partial charge in [0, 0.05) is 60.1 Å². The van der Waals surface area contributed by atoms with Crippen molar-refractivity contribution in [1.82, 2.24) is 9.88 Å². The Morgan fingerprint density at radius 3 is 2.11 bits per heavy atom. The predicted octanol–water partition coefficient (Wildman–Crippen LogP) is 7.48. The number of benzene rings is 2. The number of aldehydes is 1. The maximum atomic E-state index is 11.0. The smallest absolute Gasteiger partial charge is 0.249 e. The number of nitrogens with zero attached hydrogens (tertiary/aromatic N) is 1. The lowest BCUT2D eigenvalue weighted by atomic mass is 10.0. The summed E-state index contributed by atoms with van der Waals surface area (Å²) in [6.45, 7) is 19.1. The number of allylic oxidation sites excluding steroid dienone is 1. The van der Waals surface area contributed by atoms with E-state index >= 15 is 0 Å². The number of hydrogen-bond acceptors (Lipinski definition) is 5. The summed E-state index contributed by atoms with van der Waals surface area (Å²) in [5.41, 5.74) is 5.98. The molecule has 3 aromatic rings. The van der Waals surface area contributed by atoms with E-state index in [0.717, 1.165) is 52.8 Å². The molecule has 38 heavy (non-hydrogen) atoms. The third-order valence-electron chi connectivity index (χ3n) is 5.25. The largest absolute Gasteiger partial charge is 0.388 e. The Balaban J connectivity index is 0.000000628. The fourth-order valence-corrected chi connectivity index (χ4v) is 3.90. The topological polar surface area (TPSA) is 74.4 Å². The van der Waals surface area contributed by atoms with Gasteiger partial charge in [-0.15, -0.1) is 0 Å². The maximum absolute atomic E-state index is 11.0. The van der Waals surface area contributed by atoms with Crippen LogP contribution in [0.3, 0.4) is 0 Å². The fourth-order valence-electron chi connectivity index (χ4n) is 3.65. The van der Waals surface area contributed by atoms with E-state index < -0.39 is 0 Å². The Bertz CT molecular complexity index is 1180. The first-order valence-electron chi connectivity index (χ1n) is 13.5. The normalized spacial score (nSPS) is 12.3. The van der Waals surface area contributed by atoms with Crippen LogP contribution >= 0.6 is 11.6 Å². The number of hydrogen-bond donors (Lipinski definition) is 2. The van der Waals surface area contributed by atoms with Gasteiger partial charge in [-0.2, -0.15) is 0 Å². The number of morpholine rings is 1. The molecule has 0 saturated carbocycles. The van der Waals surface area contributed by atoms with Gasteiger partial charge in [0.25, 0.3) is 0 Å². The molecule has 1 saturated heterocycles. The van der Waals surface area contributed by atoms with Gasteiger partial charge in [0.05, 0.1) is 18.2 Å². The number of aromatic nitrogens is 1. The average Bonchev–Trinajstić information content (AvgIpc) is 2.96. The first-order valence-corrected chi connectivity index (χ1v) is 13.9. The molecule has 4 rings (SSSR count). The Morgan fingerprint density at radius 1 is 0.947 bits per heavy atom. The summed E-state index contributed by atoms with van der Waals surface area (Å²) in [5, 5.41) is 4.58. The molecule has 0 amide bonds. The number of carbonyl (C=O) groups excluding carboxylic acids is 1. The van der Waals surface area contributed by atoms with Gasteiger partial charge < -0.3 is 19.9 Å². The van der Waals surface area contributed by atoms with E-state index in [0.29, 0.717) is 18.2 Å². The third-order valence-corrected chi connectivity index (χ3v) is 5.56. The van der Waals surface area contributed by atoms with Gasteiger partial charge in [-0.3, -0.25) is 9.59 Å². The summed E-state index contributed by atoms with van der Waals surface area (Å²) in [6, 6.07) is 13.4. The second-order valence-corrected chi connectivity index (χ2v) is 8.02. The summed E-state index contributed by atoms with van der Waals surface area (Å²) in [7, 11) is 1.89. The molecule has 0 atom stereocenters. The molecular formula is C31H46ClN3O3. The fraction of sp³-hybridized carbons (Fsp3) is 0.419. The molecule has 2 aromatic carbocycles. The minimum atomic E-state index is -0.165. The Morgan fingerprint density at radius 2 is 1.53 bits per heavy atom. The van der Waals surface area contributed by atoms with Crippen molar-refractivity contribution in [1.29, 1.82) is 0 Å². The Labute approximate surface area is 234 Å². The molecule has 210 valence electrons. The molecule has 7 heteroatoms. The first-order chi connectivity index (χ1) is 18.4. The molecule has 0 radical (unpaired) electrons. The van der Waals surface area contributed by atoms with Crippen molar-refractivity contribution in [3.8, 4) is 0 Å². The number of ether oxygens (including phenoxy) is 1. The van der Waals surface area contributed by atoms with Crippen molar-refractivity contribution < 1.29 is 9.53 Å². The molecule has 2 heterocycles. The van der Waals surface area contributed by atoms with E-state index in [9.17, 15) is 9.59 Å². The average molecular weight is 544 g/mol. The van der Waals surface area contributed by atoms with Crippen molar-refractivity contribution in [2.75, 3.05) is 38.7 Å². The zero-order valence-corrected chi connectivity index (χ0v) is 25.3. The summed E-state index contributed by atoms with van der Waals surface area (Å²) in [6.07, 6.45) is 2.49. The quantitative estimate of drug-likeness (QED) is 0.263. The van der Waals surface area contributed by atoms with Crippen molar-refractivity contribution in [3.05, 3.63) is 80.6 Å². The Hall–Kier alpha value is -3.09. The highest BCUT2D eigenvalue weighted by molar-refractivity contribution is 6.35. The lowest BCUT2D eigenvalue weighted by Crippen LogP contribution is -2.35. The van der Waals surface area contributed by atoms with Gasteiger partial charge in [0.15, 0.2) is 0 Å². The number of pyridine rings is 1. The molecule has 1 aromatic heterocycles. The highest BCUT2D eigenvalue weighted by atomic mass is 35.5. The molecule has 0 bridgehead atoms. The van der Waals surface area contributed by atoms with Crippen LogP contribution in [0, 0.1) is 13.8 Å². The van der Waals surface area contributed by atoms with Gasteiger partial charge in [0.2, 0.25) is 5.56 Å². The molecule has 6 nitrogen and oxygen atoms in total. The maximum Gasteiger partial charge on any atom is 0.249 e. The number of H-pyrrole nitrogens is 1. The number of aromatic amines is 1. The van der Waals surface area contributed by atoms with E-state index in [-0.39, 0.29) is 5.56 Å². The minimum absolute atomic E-state index is 0.165. The minimum Gasteiger partial charge on any atom is -0.388 e. The second-order valence-electron chi connectivity index (χ2n) is 7.62. The summed E-state index contributed by atoms with van der Waals surface area (Å²) >= 11 is 5.91. The van der Waals surface area contributed by atoms with Gasteiger partial charge in [-0.05, 0) is 38.1 Å². The van der Waals surface area contributed by atoms with Crippen LogP contribution in [0.4, 0.5) is 5.69 Å². The van der Waals surface area contributed by atoms with Crippen LogP contribution in [0.1, 0.15) is 58.2 Å². The molecule has 0 spiro atoms. The van der Waals surface area contributed by atoms with Crippen molar-refractivity contribution in [2.24, 2.45) is 0 Å². The molecule has 1 aliphatic rings. The second kappa shape index (κ2) is 19.9. The van der Waals surface area contributed by atoms with Gasteiger partial charge in [-0.1, -0.05) is 76.4 Å². The zero-order chi connectivity index (χ0) is 29.1. The van der Waals surface area contributed by atoms with E-state index in [1.807, 2.05) is 79.8 Å². The zero-order valence-electron chi connectivity index (χ0n) is 24.6. The van der Waals surface area contributed by atoms with Crippen LogP contribution in [-0.2, 0) is 9.53 Å². The summed E-state index contributed by atoms with van der Waals surface area (Å²) < 4.78 is 5.37. The highest BCUT2D eigenvalue weighted by Crippen LogP contribution is 2.28. The van der Waals surface area contributed by atoms with E-state index in [2.05, 4.69) is 34.3 Å². The van der Waals surface area contributed by atoms with E-state index in [4.69, 9.17) is 16.3 Å². The van der Waals surface area contributed by atoms with Gasteiger partial charge in [-0.25, -0.2) is 0 Å². The van der Waals surface area contributed by atoms with Gasteiger partial charge >= 0.3 is 0 Å². The molecule has 2 N–H and O–H groups in total. The predicted molar refractivity (Wildman–Crippen MR) is 166 cm³/mol. The molecular weight excluding hydrogens is 498 g/mol. The number of nitrogens with one attached hydrogen (secondary N) is 2. The lowest BCUT2D eigenvalue weighted by molar-refractivity contribution is -0.104. The van der Waals surface area contributed by atoms with Crippen LogP contribution in [0.2, 0.25) is 5.02 Å². The van der Waals surface area contributed by atoms with E-state index in [1.54, 1.807) is 6.08 Å². The highest BCUT2D eigenvalue weighted by Gasteiger charge is 2.17. The number of anilines is 1. The SMILES string of the molecule is CC.CC.CC.CNc1ccc(C)cc1/C(=C\C=O)N1CCOCC1.Cc1ccc2[nH]c(=O)cc(Cl)c2c1. The van der Waals surface area contributed by atoms with Crippen LogP contribution < -0.4 is 10.9 Å². The number of aryl methyl sites for hydroxylation is 2. The molecule has 1 fully saturated rings.